The van der Waals surface area contributed by atoms with Gasteiger partial charge in [0.05, 0.1) is 5.69 Å². The molecule has 1 aromatic heterocycles. The molecule has 2 aromatic rings. The van der Waals surface area contributed by atoms with Crippen LogP contribution in [0.3, 0.4) is 0 Å². The Morgan fingerprint density at radius 2 is 1.66 bits per heavy atom. The Labute approximate surface area is 169 Å². The number of nitrogens with one attached hydrogen (secondary N) is 1. The number of benzene rings is 1. The van der Waals surface area contributed by atoms with Crippen LogP contribution in [0.4, 0.5) is 4.39 Å². The maximum Gasteiger partial charge on any atom is 0.271 e. The SMILES string of the molecule is CC(NC(=O)c1ccc(=O)n(-c2ccc(F)cc2)n1)C12CC3CC(CC(C3)C1)C2. The number of halogens is 1. The molecule has 29 heavy (non-hydrogen) atoms. The lowest BCUT2D eigenvalue weighted by molar-refractivity contribution is -0.0688. The second kappa shape index (κ2) is 6.78. The van der Waals surface area contributed by atoms with Gasteiger partial charge in [-0.25, -0.2) is 4.39 Å². The molecule has 1 unspecified atom stereocenters. The van der Waals surface area contributed by atoms with E-state index in [0.29, 0.717) is 5.69 Å². The molecule has 4 aliphatic rings. The highest BCUT2D eigenvalue weighted by Crippen LogP contribution is 2.61. The van der Waals surface area contributed by atoms with Crippen LogP contribution in [0, 0.1) is 29.0 Å². The molecule has 6 rings (SSSR count). The fourth-order valence-electron chi connectivity index (χ4n) is 6.43. The smallest absolute Gasteiger partial charge is 0.271 e. The van der Waals surface area contributed by atoms with Crippen molar-refractivity contribution in [2.45, 2.75) is 51.5 Å². The Morgan fingerprint density at radius 1 is 1.07 bits per heavy atom. The molecule has 4 bridgehead atoms. The standard InChI is InChI=1S/C23H26FN3O2/c1-14(23-11-15-8-16(12-23)10-17(9-15)13-23)25-22(29)20-6-7-21(28)27(26-20)19-4-2-18(24)3-5-19/h2-7,14-17H,8-13H2,1H3,(H,25,29). The molecule has 1 atom stereocenters. The van der Waals surface area contributed by atoms with Gasteiger partial charge < -0.3 is 5.32 Å². The summed E-state index contributed by atoms with van der Waals surface area (Å²) in [5.74, 6) is 1.81. The van der Waals surface area contributed by atoms with E-state index in [1.165, 1.54) is 74.9 Å². The summed E-state index contributed by atoms with van der Waals surface area (Å²) in [5, 5.41) is 7.42. The number of aromatic nitrogens is 2. The summed E-state index contributed by atoms with van der Waals surface area (Å²) < 4.78 is 14.3. The van der Waals surface area contributed by atoms with Crippen molar-refractivity contribution in [2.75, 3.05) is 0 Å². The van der Waals surface area contributed by atoms with Gasteiger partial charge in [-0.15, -0.1) is 0 Å². The van der Waals surface area contributed by atoms with Crippen molar-refractivity contribution < 1.29 is 9.18 Å². The molecule has 5 nitrogen and oxygen atoms in total. The molecule has 4 aliphatic carbocycles. The fraction of sp³-hybridized carbons (Fsp3) is 0.522. The first-order valence-corrected chi connectivity index (χ1v) is 10.6. The van der Waals surface area contributed by atoms with E-state index < -0.39 is 0 Å². The number of rotatable bonds is 4. The number of hydrogen-bond donors (Lipinski definition) is 1. The van der Waals surface area contributed by atoms with Crippen molar-refractivity contribution in [1.82, 2.24) is 15.1 Å². The molecule has 6 heteroatoms. The van der Waals surface area contributed by atoms with E-state index >= 15 is 0 Å². The van der Waals surface area contributed by atoms with Crippen molar-refractivity contribution in [3.05, 3.63) is 58.3 Å². The van der Waals surface area contributed by atoms with E-state index in [1.807, 2.05) is 0 Å². The summed E-state index contributed by atoms with van der Waals surface area (Å²) in [5.41, 5.74) is 0.475. The van der Waals surface area contributed by atoms with Gasteiger partial charge >= 0.3 is 0 Å². The molecule has 0 aliphatic heterocycles. The van der Waals surface area contributed by atoms with Gasteiger partial charge in [0.1, 0.15) is 11.5 Å². The van der Waals surface area contributed by atoms with Gasteiger partial charge in [0.25, 0.3) is 11.5 Å². The molecule has 1 aromatic carbocycles. The summed E-state index contributed by atoms with van der Waals surface area (Å²) in [7, 11) is 0. The Kier molecular flexibility index (Phi) is 4.33. The van der Waals surface area contributed by atoms with Crippen LogP contribution < -0.4 is 10.9 Å². The molecule has 4 saturated carbocycles. The molecule has 1 N–H and O–H groups in total. The first-order chi connectivity index (χ1) is 13.9. The average Bonchev–Trinajstić information content (AvgIpc) is 2.68. The lowest BCUT2D eigenvalue weighted by atomic mass is 9.48. The second-order valence-electron chi connectivity index (χ2n) is 9.42. The van der Waals surface area contributed by atoms with Gasteiger partial charge in [-0.3, -0.25) is 9.59 Å². The summed E-state index contributed by atoms with van der Waals surface area (Å²) >= 11 is 0. The summed E-state index contributed by atoms with van der Waals surface area (Å²) in [6.45, 7) is 2.13. The van der Waals surface area contributed by atoms with E-state index in [9.17, 15) is 14.0 Å². The van der Waals surface area contributed by atoms with Gasteiger partial charge in [0, 0.05) is 12.1 Å². The van der Waals surface area contributed by atoms with Crippen molar-refractivity contribution >= 4 is 5.91 Å². The topological polar surface area (TPSA) is 64.0 Å². The molecule has 4 fully saturated rings. The highest BCUT2D eigenvalue weighted by atomic mass is 19.1. The van der Waals surface area contributed by atoms with Crippen molar-refractivity contribution in [1.29, 1.82) is 0 Å². The maximum absolute atomic E-state index is 13.2. The van der Waals surface area contributed by atoms with Crippen LogP contribution in [0.2, 0.25) is 0 Å². The summed E-state index contributed by atoms with van der Waals surface area (Å²) in [4.78, 5) is 25.2. The van der Waals surface area contributed by atoms with Crippen LogP contribution in [0.25, 0.3) is 5.69 Å². The predicted molar refractivity (Wildman–Crippen MR) is 107 cm³/mol. The number of amides is 1. The minimum absolute atomic E-state index is 0.0800. The third kappa shape index (κ3) is 3.28. The monoisotopic (exact) mass is 395 g/mol. The van der Waals surface area contributed by atoms with Gasteiger partial charge in [-0.1, -0.05) is 0 Å². The Balaban J connectivity index is 1.37. The summed E-state index contributed by atoms with van der Waals surface area (Å²) in [6, 6.07) is 8.37. The van der Waals surface area contributed by atoms with Crippen LogP contribution in [-0.4, -0.2) is 21.7 Å². The third-order valence-electron chi connectivity index (χ3n) is 7.46. The van der Waals surface area contributed by atoms with Crippen molar-refractivity contribution in [3.63, 3.8) is 0 Å². The van der Waals surface area contributed by atoms with E-state index in [4.69, 9.17) is 0 Å². The Bertz CT molecular complexity index is 963. The van der Waals surface area contributed by atoms with E-state index in [0.717, 1.165) is 22.4 Å². The molecule has 1 amide bonds. The largest absolute Gasteiger partial charge is 0.348 e. The first-order valence-electron chi connectivity index (χ1n) is 10.6. The normalized spacial score (nSPS) is 30.9. The molecule has 0 spiro atoms. The zero-order chi connectivity index (χ0) is 20.2. The van der Waals surface area contributed by atoms with Gasteiger partial charge in [-0.2, -0.15) is 9.78 Å². The van der Waals surface area contributed by atoms with Crippen LogP contribution in [0.1, 0.15) is 55.9 Å². The lowest BCUT2D eigenvalue weighted by Gasteiger charge is -2.59. The predicted octanol–water partition coefficient (Wildman–Crippen LogP) is 3.71. The molecule has 0 saturated heterocycles. The van der Waals surface area contributed by atoms with E-state index in [-0.39, 0.29) is 34.4 Å². The summed E-state index contributed by atoms with van der Waals surface area (Å²) in [6.07, 6.45) is 7.73. The molecular weight excluding hydrogens is 369 g/mol. The highest BCUT2D eigenvalue weighted by Gasteiger charge is 2.53. The van der Waals surface area contributed by atoms with Crippen LogP contribution in [-0.2, 0) is 0 Å². The maximum atomic E-state index is 13.2. The minimum Gasteiger partial charge on any atom is -0.348 e. The van der Waals surface area contributed by atoms with Crippen LogP contribution in [0.15, 0.2) is 41.2 Å². The first kappa shape index (κ1) is 18.5. The fourth-order valence-corrected chi connectivity index (χ4v) is 6.43. The number of hydrogen-bond acceptors (Lipinski definition) is 3. The third-order valence-corrected chi connectivity index (χ3v) is 7.46. The quantitative estimate of drug-likeness (QED) is 0.858. The van der Waals surface area contributed by atoms with E-state index in [2.05, 4.69) is 17.3 Å². The number of nitrogens with zero attached hydrogens (tertiary/aromatic N) is 2. The molecule has 0 radical (unpaired) electrons. The number of carbonyl (C=O) groups excluding carboxylic acids is 1. The molecule has 152 valence electrons. The highest BCUT2D eigenvalue weighted by molar-refractivity contribution is 5.92. The van der Waals surface area contributed by atoms with Gasteiger partial charge in [0.2, 0.25) is 0 Å². The zero-order valence-corrected chi connectivity index (χ0v) is 16.6. The van der Waals surface area contributed by atoms with Gasteiger partial charge in [0.15, 0.2) is 0 Å². The second-order valence-corrected chi connectivity index (χ2v) is 9.42. The zero-order valence-electron chi connectivity index (χ0n) is 16.6. The lowest BCUT2D eigenvalue weighted by Crippen LogP contribution is -2.55. The Morgan fingerprint density at radius 3 is 2.24 bits per heavy atom. The Hall–Kier alpha value is -2.50. The minimum atomic E-state index is -0.389. The van der Waals surface area contributed by atoms with Crippen molar-refractivity contribution in [2.24, 2.45) is 23.2 Å². The van der Waals surface area contributed by atoms with Crippen molar-refractivity contribution in [3.8, 4) is 5.69 Å². The number of carbonyl (C=O) groups is 1. The molecule has 1 heterocycles. The molecular formula is C23H26FN3O2. The van der Waals surface area contributed by atoms with Gasteiger partial charge in [-0.05, 0) is 98.9 Å². The average molecular weight is 395 g/mol. The van der Waals surface area contributed by atoms with Crippen LogP contribution in [0.5, 0.6) is 0 Å². The van der Waals surface area contributed by atoms with E-state index in [1.54, 1.807) is 0 Å². The van der Waals surface area contributed by atoms with Crippen LogP contribution >= 0.6 is 0 Å².